The summed E-state index contributed by atoms with van der Waals surface area (Å²) in [5, 5.41) is 1.89. The first kappa shape index (κ1) is 13.8. The van der Waals surface area contributed by atoms with Crippen molar-refractivity contribution in [3.63, 3.8) is 0 Å². The van der Waals surface area contributed by atoms with Gasteiger partial charge in [-0.05, 0) is 25.2 Å². The van der Waals surface area contributed by atoms with Crippen molar-refractivity contribution in [3.8, 4) is 0 Å². The number of rotatable bonds is 1. The van der Waals surface area contributed by atoms with Crippen molar-refractivity contribution in [2.45, 2.75) is 6.04 Å². The lowest BCUT2D eigenvalue weighted by Gasteiger charge is -2.29. The third kappa shape index (κ3) is 2.63. The molecule has 0 amide bonds. The largest absolute Gasteiger partial charge is 0.379 e. The van der Waals surface area contributed by atoms with Gasteiger partial charge in [-0.3, -0.25) is 4.90 Å². The lowest BCUT2D eigenvalue weighted by Crippen LogP contribution is -2.42. The number of anilines is 1. The number of thiazole rings is 1. The van der Waals surface area contributed by atoms with Crippen LogP contribution < -0.4 is 4.90 Å². The molecule has 0 radical (unpaired) electrons. The molecule has 2 atom stereocenters. The standard InChI is InChI=1S/C15H18ClN3OS/c1-18-5-10-6-19(7-12(18)9-20-8-10)15-17-13-3-2-11(16)4-14(13)21-15/h2-4,10,12H,5-9H2,1H3/t10-,12+/m1/s1. The minimum atomic E-state index is 0.452. The van der Waals surface area contributed by atoms with Crippen LogP contribution in [0, 0.1) is 5.92 Å². The van der Waals surface area contributed by atoms with E-state index in [-0.39, 0.29) is 0 Å². The van der Waals surface area contributed by atoms with Gasteiger partial charge in [0.15, 0.2) is 5.13 Å². The maximum Gasteiger partial charge on any atom is 0.186 e. The molecular formula is C15H18ClN3OS. The first-order valence-corrected chi connectivity index (χ1v) is 8.47. The van der Waals surface area contributed by atoms with Crippen LogP contribution in [0.4, 0.5) is 5.13 Å². The Balaban J connectivity index is 1.67. The monoisotopic (exact) mass is 323 g/mol. The SMILES string of the molecule is CN1C[C@H]2COC[C@@H]1CN(c1nc3ccc(Cl)cc3s1)C2. The Morgan fingerprint density at radius 1 is 1.29 bits per heavy atom. The normalized spacial score (nSPS) is 27.0. The molecular weight excluding hydrogens is 306 g/mol. The van der Waals surface area contributed by atoms with Crippen molar-refractivity contribution >= 4 is 38.3 Å². The summed E-state index contributed by atoms with van der Waals surface area (Å²) < 4.78 is 6.95. The Labute approximate surface area is 133 Å². The van der Waals surface area contributed by atoms with Crippen LogP contribution in [0.15, 0.2) is 18.2 Å². The molecule has 0 saturated carbocycles. The summed E-state index contributed by atoms with van der Waals surface area (Å²) in [5.41, 5.74) is 1.04. The van der Waals surface area contributed by atoms with Crippen LogP contribution in [0.25, 0.3) is 10.2 Å². The molecule has 4 nitrogen and oxygen atoms in total. The quantitative estimate of drug-likeness (QED) is 0.807. The Morgan fingerprint density at radius 3 is 3.10 bits per heavy atom. The summed E-state index contributed by atoms with van der Waals surface area (Å²) in [7, 11) is 2.20. The first-order chi connectivity index (χ1) is 10.2. The van der Waals surface area contributed by atoms with Gasteiger partial charge in [0.05, 0.1) is 29.5 Å². The van der Waals surface area contributed by atoms with Gasteiger partial charge in [0.25, 0.3) is 0 Å². The van der Waals surface area contributed by atoms with Gasteiger partial charge in [0.2, 0.25) is 0 Å². The van der Waals surface area contributed by atoms with E-state index in [4.69, 9.17) is 21.3 Å². The van der Waals surface area contributed by atoms with Crippen LogP contribution >= 0.6 is 22.9 Å². The molecule has 0 spiro atoms. The highest BCUT2D eigenvalue weighted by Crippen LogP contribution is 2.32. The number of aromatic nitrogens is 1. The molecule has 3 heterocycles. The Hall–Kier alpha value is -0.880. The second kappa shape index (κ2) is 5.39. The molecule has 0 aliphatic carbocycles. The van der Waals surface area contributed by atoms with Crippen molar-refractivity contribution in [2.24, 2.45) is 5.92 Å². The van der Waals surface area contributed by atoms with Gasteiger partial charge in [-0.1, -0.05) is 22.9 Å². The van der Waals surface area contributed by atoms with Crippen LogP contribution in [-0.4, -0.2) is 55.8 Å². The molecule has 21 heavy (non-hydrogen) atoms. The average molecular weight is 324 g/mol. The fraction of sp³-hybridized carbons (Fsp3) is 0.533. The van der Waals surface area contributed by atoms with Gasteiger partial charge in [-0.15, -0.1) is 0 Å². The molecule has 2 fully saturated rings. The lowest BCUT2D eigenvalue weighted by atomic mass is 10.1. The molecule has 2 bridgehead atoms. The summed E-state index contributed by atoms with van der Waals surface area (Å²) >= 11 is 7.82. The number of fused-ring (bicyclic) bond motifs is 4. The third-order valence-electron chi connectivity index (χ3n) is 4.35. The van der Waals surface area contributed by atoms with Crippen LogP contribution in [0.2, 0.25) is 5.02 Å². The summed E-state index contributed by atoms with van der Waals surface area (Å²) in [6.45, 7) is 4.79. The summed E-state index contributed by atoms with van der Waals surface area (Å²) in [4.78, 5) is 9.66. The number of likely N-dealkylation sites (N-methyl/N-ethyl adjacent to an activating group) is 1. The van der Waals surface area contributed by atoms with Gasteiger partial charge in [-0.2, -0.15) is 0 Å². The van der Waals surface area contributed by atoms with Crippen LogP contribution in [0.1, 0.15) is 0 Å². The van der Waals surface area contributed by atoms with E-state index in [1.165, 1.54) is 0 Å². The molecule has 1 aromatic carbocycles. The highest BCUT2D eigenvalue weighted by Gasteiger charge is 2.32. The number of benzene rings is 1. The van der Waals surface area contributed by atoms with Gasteiger partial charge < -0.3 is 9.64 Å². The zero-order chi connectivity index (χ0) is 14.4. The Morgan fingerprint density at radius 2 is 2.19 bits per heavy atom. The number of halogens is 1. The maximum absolute atomic E-state index is 6.08. The molecule has 4 rings (SSSR count). The number of ether oxygens (including phenoxy) is 1. The average Bonchev–Trinajstić information content (AvgIpc) is 2.67. The van der Waals surface area contributed by atoms with Crippen LogP contribution in [-0.2, 0) is 4.74 Å². The van der Waals surface area contributed by atoms with Gasteiger partial charge >= 0.3 is 0 Å². The van der Waals surface area contributed by atoms with Crippen LogP contribution in [0.3, 0.4) is 0 Å². The predicted molar refractivity (Wildman–Crippen MR) is 87.6 cm³/mol. The predicted octanol–water partition coefficient (Wildman–Crippen LogP) is 2.72. The van der Waals surface area contributed by atoms with E-state index < -0.39 is 0 Å². The smallest absolute Gasteiger partial charge is 0.186 e. The molecule has 112 valence electrons. The summed E-state index contributed by atoms with van der Waals surface area (Å²) in [6, 6.07) is 6.37. The van der Waals surface area contributed by atoms with Crippen molar-refractivity contribution in [2.75, 3.05) is 44.8 Å². The Kier molecular flexibility index (Phi) is 3.53. The fourth-order valence-corrected chi connectivity index (χ4v) is 4.49. The molecule has 2 aromatic rings. The minimum Gasteiger partial charge on any atom is -0.379 e. The number of hydrogen-bond donors (Lipinski definition) is 0. The third-order valence-corrected chi connectivity index (χ3v) is 5.67. The highest BCUT2D eigenvalue weighted by atomic mass is 35.5. The van der Waals surface area contributed by atoms with Gasteiger partial charge in [-0.25, -0.2) is 4.98 Å². The number of hydrogen-bond acceptors (Lipinski definition) is 5. The second-order valence-electron chi connectivity index (χ2n) is 6.01. The van der Waals surface area contributed by atoms with E-state index in [1.54, 1.807) is 11.3 Å². The van der Waals surface area contributed by atoms with E-state index >= 15 is 0 Å². The molecule has 6 heteroatoms. The minimum absolute atomic E-state index is 0.452. The fourth-order valence-electron chi connectivity index (χ4n) is 3.23. The van der Waals surface area contributed by atoms with Crippen LogP contribution in [0.5, 0.6) is 0 Å². The zero-order valence-electron chi connectivity index (χ0n) is 12.0. The highest BCUT2D eigenvalue weighted by molar-refractivity contribution is 7.22. The molecule has 2 saturated heterocycles. The van der Waals surface area contributed by atoms with Gasteiger partial charge in [0, 0.05) is 30.6 Å². The molecule has 2 aliphatic rings. The van der Waals surface area contributed by atoms with Gasteiger partial charge in [0.1, 0.15) is 0 Å². The number of nitrogens with zero attached hydrogens (tertiary/aromatic N) is 3. The van der Waals surface area contributed by atoms with Crippen molar-refractivity contribution < 1.29 is 4.74 Å². The lowest BCUT2D eigenvalue weighted by molar-refractivity contribution is 0.0931. The molecule has 0 N–H and O–H groups in total. The second-order valence-corrected chi connectivity index (χ2v) is 7.46. The van der Waals surface area contributed by atoms with Crippen molar-refractivity contribution in [3.05, 3.63) is 23.2 Å². The van der Waals surface area contributed by atoms with Crippen molar-refractivity contribution in [1.82, 2.24) is 9.88 Å². The van der Waals surface area contributed by atoms with E-state index in [9.17, 15) is 0 Å². The molecule has 2 aliphatic heterocycles. The molecule has 0 unspecified atom stereocenters. The van der Waals surface area contributed by atoms with E-state index in [0.717, 1.165) is 53.2 Å². The van der Waals surface area contributed by atoms with Crippen molar-refractivity contribution in [1.29, 1.82) is 0 Å². The summed E-state index contributed by atoms with van der Waals surface area (Å²) in [6.07, 6.45) is 0. The first-order valence-electron chi connectivity index (χ1n) is 7.28. The topological polar surface area (TPSA) is 28.6 Å². The Bertz CT molecular complexity index is 661. The van der Waals surface area contributed by atoms with E-state index in [1.807, 2.05) is 18.2 Å². The van der Waals surface area contributed by atoms with E-state index in [0.29, 0.717) is 12.0 Å². The summed E-state index contributed by atoms with van der Waals surface area (Å²) in [5.74, 6) is 0.554. The maximum atomic E-state index is 6.08. The zero-order valence-corrected chi connectivity index (χ0v) is 13.5. The van der Waals surface area contributed by atoms with E-state index in [2.05, 4.69) is 16.8 Å². The molecule has 1 aromatic heterocycles.